The molecule has 4 aromatic heterocycles. The molecule has 1 aliphatic carbocycles. The van der Waals surface area contributed by atoms with E-state index in [1.54, 1.807) is 0 Å². The van der Waals surface area contributed by atoms with Crippen LogP contribution in [-0.4, -0.2) is 19.1 Å². The quantitative estimate of drug-likeness (QED) is 0.178. The zero-order valence-electron chi connectivity index (χ0n) is 37.0. The van der Waals surface area contributed by atoms with E-state index in [0.29, 0.717) is 11.8 Å². The minimum Gasteiger partial charge on any atom is -0.308 e. The van der Waals surface area contributed by atoms with E-state index >= 15 is 0 Å². The summed E-state index contributed by atoms with van der Waals surface area (Å²) in [6.07, 6.45) is 7.69. The molecule has 0 saturated heterocycles. The number of fused-ring (bicyclic) bond motifs is 9. The lowest BCUT2D eigenvalue weighted by Crippen LogP contribution is -2.13. The van der Waals surface area contributed by atoms with Crippen LogP contribution in [0.15, 0.2) is 158 Å². The molecule has 0 radical (unpaired) electrons. The van der Waals surface area contributed by atoms with Gasteiger partial charge in [-0.05, 0) is 151 Å². The first-order chi connectivity index (χ1) is 29.8. The van der Waals surface area contributed by atoms with E-state index in [1.807, 2.05) is 36.9 Å². The van der Waals surface area contributed by atoms with Crippen LogP contribution < -0.4 is 0 Å². The molecule has 4 heterocycles. The number of benzene rings is 6. The molecule has 2 atom stereocenters. The Balaban J connectivity index is 1.14. The highest BCUT2D eigenvalue weighted by atomic mass is 15.0. The molecular formula is C58H52N4. The molecule has 0 aliphatic heterocycles. The van der Waals surface area contributed by atoms with E-state index in [1.165, 1.54) is 99.2 Å². The summed E-state index contributed by atoms with van der Waals surface area (Å²) in [6.45, 7) is 18.5. The van der Waals surface area contributed by atoms with Gasteiger partial charge in [0, 0.05) is 33.9 Å². The molecule has 10 aromatic rings. The maximum absolute atomic E-state index is 4.60. The minimum absolute atomic E-state index is 0.106. The molecule has 0 N–H and O–H groups in total. The van der Waals surface area contributed by atoms with Crippen molar-refractivity contribution < 1.29 is 0 Å². The number of rotatable bonds is 4. The first kappa shape index (κ1) is 38.2. The summed E-state index contributed by atoms with van der Waals surface area (Å²) in [7, 11) is 0. The Morgan fingerprint density at radius 3 is 1.13 bits per heavy atom. The van der Waals surface area contributed by atoms with Crippen molar-refractivity contribution in [2.75, 3.05) is 0 Å². The van der Waals surface area contributed by atoms with Crippen LogP contribution in [0.4, 0.5) is 0 Å². The second-order valence-electron chi connectivity index (χ2n) is 19.7. The second kappa shape index (κ2) is 13.9. The molecule has 0 amide bonds. The van der Waals surface area contributed by atoms with Gasteiger partial charge in [0.2, 0.25) is 0 Å². The van der Waals surface area contributed by atoms with Crippen molar-refractivity contribution in [3.05, 3.63) is 181 Å². The average Bonchev–Trinajstić information content (AvgIpc) is 3.78. The summed E-state index contributed by atoms with van der Waals surface area (Å²) < 4.78 is 4.82. The highest BCUT2D eigenvalue weighted by molar-refractivity contribution is 6.14. The maximum Gasteiger partial charge on any atom is 0.0645 e. The Hall–Kier alpha value is -6.78. The van der Waals surface area contributed by atoms with Gasteiger partial charge in [0.25, 0.3) is 0 Å². The van der Waals surface area contributed by atoms with Crippen molar-refractivity contribution in [1.29, 1.82) is 0 Å². The molecule has 11 rings (SSSR count). The number of pyridine rings is 2. The Morgan fingerprint density at radius 1 is 0.403 bits per heavy atom. The van der Waals surface area contributed by atoms with Gasteiger partial charge >= 0.3 is 0 Å². The van der Waals surface area contributed by atoms with Crippen LogP contribution in [0.25, 0.3) is 88.4 Å². The molecule has 4 nitrogen and oxygen atoms in total. The summed E-state index contributed by atoms with van der Waals surface area (Å²) in [5.74, 6) is 0.626. The largest absolute Gasteiger partial charge is 0.308 e. The van der Waals surface area contributed by atoms with E-state index in [0.717, 1.165) is 11.4 Å². The fourth-order valence-corrected chi connectivity index (χ4v) is 10.1. The second-order valence-corrected chi connectivity index (χ2v) is 19.7. The first-order valence-corrected chi connectivity index (χ1v) is 22.1. The molecule has 304 valence electrons. The third kappa shape index (κ3) is 6.02. The summed E-state index contributed by atoms with van der Waals surface area (Å²) in [4.78, 5) is 9.19. The molecule has 1 aliphatic rings. The van der Waals surface area contributed by atoms with Crippen LogP contribution in [0, 0.1) is 0 Å². The lowest BCUT2D eigenvalue weighted by atomic mass is 9.72. The smallest absolute Gasteiger partial charge is 0.0645 e. The lowest BCUT2D eigenvalue weighted by Gasteiger charge is -2.32. The molecule has 0 spiro atoms. The predicted molar refractivity (Wildman–Crippen MR) is 261 cm³/mol. The molecular weight excluding hydrogens is 753 g/mol. The van der Waals surface area contributed by atoms with E-state index in [2.05, 4.69) is 196 Å². The lowest BCUT2D eigenvalue weighted by molar-refractivity contribution is 0.590. The van der Waals surface area contributed by atoms with Gasteiger partial charge < -0.3 is 9.13 Å². The number of hydrogen-bond donors (Lipinski definition) is 0. The van der Waals surface area contributed by atoms with Gasteiger partial charge in [-0.3, -0.25) is 9.97 Å². The van der Waals surface area contributed by atoms with Gasteiger partial charge in [-0.25, -0.2) is 0 Å². The van der Waals surface area contributed by atoms with Crippen LogP contribution in [0.2, 0.25) is 0 Å². The number of hydrogen-bond acceptors (Lipinski definition) is 2. The third-order valence-electron chi connectivity index (χ3n) is 13.9. The van der Waals surface area contributed by atoms with Gasteiger partial charge in [0.1, 0.15) is 0 Å². The molecule has 0 saturated carbocycles. The van der Waals surface area contributed by atoms with Crippen molar-refractivity contribution in [1.82, 2.24) is 19.1 Å². The zero-order chi connectivity index (χ0) is 42.7. The Labute approximate surface area is 364 Å². The fourth-order valence-electron chi connectivity index (χ4n) is 10.1. The van der Waals surface area contributed by atoms with Gasteiger partial charge in [-0.15, -0.1) is 0 Å². The molecule has 2 unspecified atom stereocenters. The van der Waals surface area contributed by atoms with Crippen LogP contribution >= 0.6 is 0 Å². The van der Waals surface area contributed by atoms with Gasteiger partial charge in [0.15, 0.2) is 0 Å². The summed E-state index contributed by atoms with van der Waals surface area (Å²) in [6, 6.07) is 50.6. The monoisotopic (exact) mass is 804 g/mol. The van der Waals surface area contributed by atoms with Crippen LogP contribution in [0.1, 0.15) is 89.5 Å². The molecule has 62 heavy (non-hydrogen) atoms. The molecule has 0 bridgehead atoms. The predicted octanol–water partition coefficient (Wildman–Crippen LogP) is 15.5. The Bertz CT molecular complexity index is 3130. The molecule has 0 fully saturated rings. The first-order valence-electron chi connectivity index (χ1n) is 22.1. The fraction of sp³-hybridized carbons (Fsp3) is 0.207. The third-order valence-corrected chi connectivity index (χ3v) is 13.9. The number of aromatic nitrogens is 4. The van der Waals surface area contributed by atoms with E-state index in [-0.39, 0.29) is 10.8 Å². The van der Waals surface area contributed by atoms with Crippen LogP contribution in [0.5, 0.6) is 0 Å². The van der Waals surface area contributed by atoms with Crippen molar-refractivity contribution >= 4 is 43.6 Å². The van der Waals surface area contributed by atoms with Crippen LogP contribution in [-0.2, 0) is 10.8 Å². The molecule has 6 aromatic carbocycles. The van der Waals surface area contributed by atoms with Gasteiger partial charge in [0.05, 0.1) is 45.8 Å². The standard InChI is InChI=1S/C58H52N4/c1-35-36(2)46-30-52-50-28-40(38-15-21-42(22-16-38)58(6,7)8)18-24-54(50)62(44-12-10-26-60-34-44)56(52)32-48(46)47-31-55-51(29-45(35)47)49-27-39(37-13-19-41(20-14-37)57(3,4)5)17-23-53(49)61(55)43-11-9-25-59-33-43/h9-36H,1-8H3. The maximum atomic E-state index is 4.60. The molecule has 4 heteroatoms. The summed E-state index contributed by atoms with van der Waals surface area (Å²) in [5, 5.41) is 5.05. The van der Waals surface area contributed by atoms with Crippen molar-refractivity contribution in [2.24, 2.45) is 0 Å². The Morgan fingerprint density at radius 2 is 0.774 bits per heavy atom. The Kier molecular flexibility index (Phi) is 8.54. The average molecular weight is 805 g/mol. The SMILES string of the molecule is CC1c2cc3c4cc(-c5ccc(C(C)(C)C)cc5)ccc4n(-c4cccnc4)c3cc2-c2cc3c(cc2C1C)c1cc(-c2ccc(C(C)(C)C)cc2)ccc1n3-c1cccnc1. The highest BCUT2D eigenvalue weighted by Crippen LogP contribution is 2.51. The number of nitrogens with zero attached hydrogens (tertiary/aromatic N) is 4. The summed E-state index contributed by atoms with van der Waals surface area (Å²) in [5.41, 5.74) is 20.1. The topological polar surface area (TPSA) is 35.6 Å². The zero-order valence-corrected chi connectivity index (χ0v) is 37.0. The van der Waals surface area contributed by atoms with Crippen molar-refractivity contribution in [3.8, 4) is 44.8 Å². The van der Waals surface area contributed by atoms with Crippen molar-refractivity contribution in [3.63, 3.8) is 0 Å². The van der Waals surface area contributed by atoms with Gasteiger partial charge in [-0.2, -0.15) is 0 Å². The highest BCUT2D eigenvalue weighted by Gasteiger charge is 2.31. The normalized spacial score (nSPS) is 15.4. The van der Waals surface area contributed by atoms with E-state index in [9.17, 15) is 0 Å². The van der Waals surface area contributed by atoms with Crippen LogP contribution in [0.3, 0.4) is 0 Å². The van der Waals surface area contributed by atoms with Gasteiger partial charge in [-0.1, -0.05) is 116 Å². The van der Waals surface area contributed by atoms with E-state index in [4.69, 9.17) is 0 Å². The van der Waals surface area contributed by atoms with E-state index < -0.39 is 0 Å². The summed E-state index contributed by atoms with van der Waals surface area (Å²) >= 11 is 0. The van der Waals surface area contributed by atoms with Crippen molar-refractivity contribution in [2.45, 2.75) is 78.1 Å². The minimum atomic E-state index is 0.106.